The van der Waals surface area contributed by atoms with Crippen LogP contribution >= 0.6 is 0 Å². The number of nitrogens with two attached hydrogens (primary N) is 1. The lowest BCUT2D eigenvalue weighted by Gasteiger charge is -2.27. The fourth-order valence-electron chi connectivity index (χ4n) is 2.56. The average molecular weight is 248 g/mol. The van der Waals surface area contributed by atoms with E-state index in [0.29, 0.717) is 0 Å². The van der Waals surface area contributed by atoms with Gasteiger partial charge in [-0.05, 0) is 25.8 Å². The third-order valence-electron chi connectivity index (χ3n) is 3.42. The maximum atomic E-state index is 12.1. The molecule has 0 spiro atoms. The molecular weight excluding hydrogens is 228 g/mol. The molecule has 1 aliphatic heterocycles. The third-order valence-corrected chi connectivity index (χ3v) is 3.42. The van der Waals surface area contributed by atoms with Gasteiger partial charge < -0.3 is 15.4 Å². The van der Waals surface area contributed by atoms with Crippen LogP contribution < -0.4 is 10.5 Å². The van der Waals surface area contributed by atoms with Crippen molar-refractivity contribution in [2.24, 2.45) is 5.73 Å². The van der Waals surface area contributed by atoms with Gasteiger partial charge in [-0.15, -0.1) is 0 Å². The van der Waals surface area contributed by atoms with Crippen LogP contribution in [0.3, 0.4) is 0 Å². The zero-order valence-electron chi connectivity index (χ0n) is 10.9. The van der Waals surface area contributed by atoms with Gasteiger partial charge in [-0.1, -0.05) is 18.2 Å². The molecule has 0 aromatic heterocycles. The van der Waals surface area contributed by atoms with Gasteiger partial charge in [0.1, 0.15) is 5.75 Å². The van der Waals surface area contributed by atoms with Gasteiger partial charge >= 0.3 is 0 Å². The van der Waals surface area contributed by atoms with E-state index in [2.05, 4.69) is 0 Å². The number of likely N-dealkylation sites (tertiary alicyclic amines) is 1. The van der Waals surface area contributed by atoms with Crippen molar-refractivity contribution >= 4 is 5.91 Å². The van der Waals surface area contributed by atoms with Crippen molar-refractivity contribution in [3.8, 4) is 5.75 Å². The molecular formula is C14H20N2O2. The molecule has 18 heavy (non-hydrogen) atoms. The third kappa shape index (κ3) is 2.34. The first-order valence-corrected chi connectivity index (χ1v) is 6.34. The standard InChI is InChI=1S/C14H20N2O2/c1-10(15)14(17)16-9-5-7-12(16)11-6-3-4-8-13(11)18-2/h3-4,6,8,10,12H,5,7,9,15H2,1-2H3/t10-,12-/m1/s1. The Morgan fingerprint density at radius 3 is 2.89 bits per heavy atom. The molecule has 4 nitrogen and oxygen atoms in total. The summed E-state index contributed by atoms with van der Waals surface area (Å²) in [7, 11) is 1.66. The predicted octanol–water partition coefficient (Wildman–Crippen LogP) is 1.71. The highest BCUT2D eigenvalue weighted by Crippen LogP contribution is 2.36. The van der Waals surface area contributed by atoms with Crippen LogP contribution in [0.1, 0.15) is 31.4 Å². The van der Waals surface area contributed by atoms with Crippen LogP contribution in [-0.4, -0.2) is 30.5 Å². The highest BCUT2D eigenvalue weighted by Gasteiger charge is 2.32. The molecule has 0 radical (unpaired) electrons. The molecule has 1 saturated heterocycles. The highest BCUT2D eigenvalue weighted by atomic mass is 16.5. The molecule has 1 aliphatic rings. The Hall–Kier alpha value is -1.55. The number of hydrogen-bond acceptors (Lipinski definition) is 3. The Kier molecular flexibility index (Phi) is 3.87. The summed E-state index contributed by atoms with van der Waals surface area (Å²) in [5.74, 6) is 0.857. The Morgan fingerprint density at radius 1 is 1.50 bits per heavy atom. The molecule has 2 atom stereocenters. The first kappa shape index (κ1) is 12.9. The second-order valence-electron chi connectivity index (χ2n) is 4.72. The van der Waals surface area contributed by atoms with E-state index in [0.717, 1.165) is 30.7 Å². The number of carbonyl (C=O) groups is 1. The Balaban J connectivity index is 2.29. The number of ether oxygens (including phenoxy) is 1. The van der Waals surface area contributed by atoms with Gasteiger partial charge in [-0.2, -0.15) is 0 Å². The number of rotatable bonds is 3. The zero-order valence-corrected chi connectivity index (χ0v) is 10.9. The van der Waals surface area contributed by atoms with Crippen LogP contribution in [0.2, 0.25) is 0 Å². The molecule has 2 rings (SSSR count). The lowest BCUT2D eigenvalue weighted by Crippen LogP contribution is -2.41. The highest BCUT2D eigenvalue weighted by molar-refractivity contribution is 5.82. The van der Waals surface area contributed by atoms with Crippen molar-refractivity contribution in [3.63, 3.8) is 0 Å². The molecule has 1 aromatic carbocycles. The number of para-hydroxylation sites is 1. The summed E-state index contributed by atoms with van der Waals surface area (Å²) in [6, 6.07) is 7.53. The fourth-order valence-corrected chi connectivity index (χ4v) is 2.56. The maximum absolute atomic E-state index is 12.1. The molecule has 0 unspecified atom stereocenters. The van der Waals surface area contributed by atoms with E-state index in [1.54, 1.807) is 14.0 Å². The number of carbonyl (C=O) groups excluding carboxylic acids is 1. The zero-order chi connectivity index (χ0) is 13.1. The summed E-state index contributed by atoms with van der Waals surface area (Å²) in [6.07, 6.45) is 1.99. The van der Waals surface area contributed by atoms with Gasteiger partial charge in [0.25, 0.3) is 0 Å². The second kappa shape index (κ2) is 5.40. The number of nitrogens with zero attached hydrogens (tertiary/aromatic N) is 1. The topological polar surface area (TPSA) is 55.6 Å². The van der Waals surface area contributed by atoms with E-state index in [1.165, 1.54) is 0 Å². The van der Waals surface area contributed by atoms with Crippen molar-refractivity contribution in [1.29, 1.82) is 0 Å². The maximum Gasteiger partial charge on any atom is 0.239 e. The van der Waals surface area contributed by atoms with Gasteiger partial charge in [-0.3, -0.25) is 4.79 Å². The first-order valence-electron chi connectivity index (χ1n) is 6.34. The monoisotopic (exact) mass is 248 g/mol. The summed E-state index contributed by atoms with van der Waals surface area (Å²) < 4.78 is 5.38. The molecule has 98 valence electrons. The van der Waals surface area contributed by atoms with E-state index in [9.17, 15) is 4.79 Å². The lowest BCUT2D eigenvalue weighted by atomic mass is 10.0. The van der Waals surface area contributed by atoms with Crippen LogP contribution in [0.5, 0.6) is 5.75 Å². The van der Waals surface area contributed by atoms with Crippen molar-refractivity contribution in [2.75, 3.05) is 13.7 Å². The number of amides is 1. The molecule has 0 bridgehead atoms. The Morgan fingerprint density at radius 2 is 2.22 bits per heavy atom. The smallest absolute Gasteiger partial charge is 0.239 e. The van der Waals surface area contributed by atoms with Crippen LogP contribution in [0, 0.1) is 0 Å². The number of benzene rings is 1. The minimum Gasteiger partial charge on any atom is -0.496 e. The molecule has 0 saturated carbocycles. The SMILES string of the molecule is COc1ccccc1[C@H]1CCCN1C(=O)[C@@H](C)N. The Labute approximate surface area is 108 Å². The first-order chi connectivity index (χ1) is 8.65. The van der Waals surface area contributed by atoms with Gasteiger partial charge in [0.2, 0.25) is 5.91 Å². The summed E-state index contributed by atoms with van der Waals surface area (Å²) in [6.45, 7) is 2.52. The van der Waals surface area contributed by atoms with Crippen LogP contribution in [0.4, 0.5) is 0 Å². The minimum absolute atomic E-state index is 0.0170. The van der Waals surface area contributed by atoms with Crippen molar-refractivity contribution in [1.82, 2.24) is 4.90 Å². The van der Waals surface area contributed by atoms with Crippen molar-refractivity contribution in [3.05, 3.63) is 29.8 Å². The van der Waals surface area contributed by atoms with E-state index in [4.69, 9.17) is 10.5 Å². The average Bonchev–Trinajstić information content (AvgIpc) is 2.86. The van der Waals surface area contributed by atoms with Gasteiger partial charge in [0, 0.05) is 12.1 Å². The van der Waals surface area contributed by atoms with Gasteiger partial charge in [-0.25, -0.2) is 0 Å². The van der Waals surface area contributed by atoms with Crippen LogP contribution in [-0.2, 0) is 4.79 Å². The van der Waals surface area contributed by atoms with Crippen molar-refractivity contribution < 1.29 is 9.53 Å². The summed E-state index contributed by atoms with van der Waals surface area (Å²) in [5.41, 5.74) is 6.78. The summed E-state index contributed by atoms with van der Waals surface area (Å²) >= 11 is 0. The fraction of sp³-hybridized carbons (Fsp3) is 0.500. The molecule has 1 aromatic rings. The molecule has 0 aliphatic carbocycles. The molecule has 1 amide bonds. The lowest BCUT2D eigenvalue weighted by molar-refractivity contribution is -0.133. The largest absolute Gasteiger partial charge is 0.496 e. The van der Waals surface area contributed by atoms with Gasteiger partial charge in [0.05, 0.1) is 19.2 Å². The second-order valence-corrected chi connectivity index (χ2v) is 4.72. The quantitative estimate of drug-likeness (QED) is 0.886. The van der Waals surface area contributed by atoms with Crippen molar-refractivity contribution in [2.45, 2.75) is 31.8 Å². The molecule has 1 heterocycles. The molecule has 4 heteroatoms. The van der Waals surface area contributed by atoms with E-state index >= 15 is 0 Å². The van der Waals surface area contributed by atoms with E-state index in [-0.39, 0.29) is 11.9 Å². The predicted molar refractivity (Wildman–Crippen MR) is 70.3 cm³/mol. The summed E-state index contributed by atoms with van der Waals surface area (Å²) in [4.78, 5) is 14.0. The summed E-state index contributed by atoms with van der Waals surface area (Å²) in [5, 5.41) is 0. The number of hydrogen-bond donors (Lipinski definition) is 1. The minimum atomic E-state index is -0.444. The number of methoxy groups -OCH3 is 1. The van der Waals surface area contributed by atoms with Crippen LogP contribution in [0.15, 0.2) is 24.3 Å². The molecule has 1 fully saturated rings. The van der Waals surface area contributed by atoms with E-state index in [1.807, 2.05) is 29.2 Å². The van der Waals surface area contributed by atoms with Crippen LogP contribution in [0.25, 0.3) is 0 Å². The molecule has 2 N–H and O–H groups in total. The Bertz CT molecular complexity index is 432. The normalized spacial score (nSPS) is 20.8. The van der Waals surface area contributed by atoms with Gasteiger partial charge in [0.15, 0.2) is 0 Å². The van der Waals surface area contributed by atoms with E-state index < -0.39 is 6.04 Å².